The predicted molar refractivity (Wildman–Crippen MR) is 74.5 cm³/mol. The van der Waals surface area contributed by atoms with E-state index in [1.807, 2.05) is 6.92 Å². The van der Waals surface area contributed by atoms with Gasteiger partial charge in [-0.25, -0.2) is 0 Å². The second kappa shape index (κ2) is 6.84. The van der Waals surface area contributed by atoms with Crippen LogP contribution in [0.2, 0.25) is 0 Å². The minimum absolute atomic E-state index is 0.0278. The Morgan fingerprint density at radius 1 is 1.44 bits per heavy atom. The average Bonchev–Trinajstić information content (AvgIpc) is 2.38. The second-order valence-electron chi connectivity index (χ2n) is 5.16. The highest BCUT2D eigenvalue weighted by atomic mass is 32.2. The Morgan fingerprint density at radius 3 is 2.67 bits per heavy atom. The van der Waals surface area contributed by atoms with Crippen molar-refractivity contribution in [2.45, 2.75) is 58.0 Å². The van der Waals surface area contributed by atoms with Gasteiger partial charge in [0.25, 0.3) is 10.2 Å². The summed E-state index contributed by atoms with van der Waals surface area (Å²) in [6, 6.07) is 0.0142. The lowest BCUT2D eigenvalue weighted by Gasteiger charge is -2.38. The van der Waals surface area contributed by atoms with E-state index in [1.165, 1.54) is 4.31 Å². The minimum atomic E-state index is -3.36. The molecule has 0 aromatic heterocycles. The molecule has 108 valence electrons. The third kappa shape index (κ3) is 3.44. The standard InChI is InChI=1S/C12H27N3O2S/c1-4-7-11(2)14(3)18(16,17)15-9-6-5-8-12(15)10-13/h11-12H,4-10,13H2,1-3H3. The molecule has 0 amide bonds. The van der Waals surface area contributed by atoms with Crippen molar-refractivity contribution < 1.29 is 8.42 Å². The molecule has 0 aromatic rings. The van der Waals surface area contributed by atoms with Gasteiger partial charge in [0, 0.05) is 32.2 Å². The van der Waals surface area contributed by atoms with Crippen LogP contribution in [0.4, 0.5) is 0 Å². The number of nitrogens with two attached hydrogens (primary N) is 1. The molecule has 5 nitrogen and oxygen atoms in total. The van der Waals surface area contributed by atoms with Gasteiger partial charge in [0.05, 0.1) is 0 Å². The van der Waals surface area contributed by atoms with Crippen molar-refractivity contribution in [1.29, 1.82) is 0 Å². The summed E-state index contributed by atoms with van der Waals surface area (Å²) in [5, 5.41) is 0. The topological polar surface area (TPSA) is 66.6 Å². The summed E-state index contributed by atoms with van der Waals surface area (Å²) in [5.74, 6) is 0. The summed E-state index contributed by atoms with van der Waals surface area (Å²) in [4.78, 5) is 0. The van der Waals surface area contributed by atoms with E-state index in [2.05, 4.69) is 6.92 Å². The van der Waals surface area contributed by atoms with Crippen molar-refractivity contribution in [3.63, 3.8) is 0 Å². The van der Waals surface area contributed by atoms with Crippen molar-refractivity contribution in [3.8, 4) is 0 Å². The van der Waals surface area contributed by atoms with Gasteiger partial charge in [-0.1, -0.05) is 19.8 Å². The van der Waals surface area contributed by atoms with E-state index in [1.54, 1.807) is 11.4 Å². The maximum atomic E-state index is 12.6. The lowest BCUT2D eigenvalue weighted by atomic mass is 10.1. The van der Waals surface area contributed by atoms with Crippen LogP contribution in [0.25, 0.3) is 0 Å². The number of nitrogens with zero attached hydrogens (tertiary/aromatic N) is 2. The molecule has 18 heavy (non-hydrogen) atoms. The van der Waals surface area contributed by atoms with Gasteiger partial charge in [0.15, 0.2) is 0 Å². The largest absolute Gasteiger partial charge is 0.329 e. The fourth-order valence-corrected chi connectivity index (χ4v) is 4.32. The normalized spacial score (nSPS) is 24.4. The highest BCUT2D eigenvalue weighted by Crippen LogP contribution is 2.23. The summed E-state index contributed by atoms with van der Waals surface area (Å²) in [7, 11) is -1.68. The van der Waals surface area contributed by atoms with Crippen molar-refractivity contribution >= 4 is 10.2 Å². The van der Waals surface area contributed by atoms with Crippen LogP contribution in [0.3, 0.4) is 0 Å². The molecule has 0 bridgehead atoms. The van der Waals surface area contributed by atoms with Gasteiger partial charge in [-0.3, -0.25) is 0 Å². The highest BCUT2D eigenvalue weighted by Gasteiger charge is 2.35. The molecule has 0 aromatic carbocycles. The van der Waals surface area contributed by atoms with Crippen molar-refractivity contribution in [2.75, 3.05) is 20.1 Å². The van der Waals surface area contributed by atoms with Gasteiger partial charge in [-0.2, -0.15) is 17.0 Å². The van der Waals surface area contributed by atoms with Crippen molar-refractivity contribution in [2.24, 2.45) is 5.73 Å². The van der Waals surface area contributed by atoms with E-state index in [4.69, 9.17) is 5.73 Å². The molecule has 1 saturated heterocycles. The third-order valence-electron chi connectivity index (χ3n) is 3.83. The van der Waals surface area contributed by atoms with Crippen LogP contribution in [-0.4, -0.2) is 49.2 Å². The predicted octanol–water partition coefficient (Wildman–Crippen LogP) is 1.16. The molecular weight excluding hydrogens is 250 g/mol. The van der Waals surface area contributed by atoms with Crippen LogP contribution < -0.4 is 5.73 Å². The lowest BCUT2D eigenvalue weighted by molar-refractivity contribution is 0.230. The first-order valence-electron chi connectivity index (χ1n) is 6.90. The minimum Gasteiger partial charge on any atom is -0.329 e. The molecule has 1 fully saturated rings. The zero-order valence-electron chi connectivity index (χ0n) is 11.8. The van der Waals surface area contributed by atoms with E-state index in [-0.39, 0.29) is 12.1 Å². The first kappa shape index (κ1) is 15.9. The van der Waals surface area contributed by atoms with E-state index in [0.717, 1.165) is 32.1 Å². The van der Waals surface area contributed by atoms with Gasteiger partial charge >= 0.3 is 0 Å². The number of piperidine rings is 1. The monoisotopic (exact) mass is 277 g/mol. The molecule has 1 aliphatic heterocycles. The Labute approximate surface area is 112 Å². The average molecular weight is 277 g/mol. The molecule has 1 heterocycles. The quantitative estimate of drug-likeness (QED) is 0.792. The van der Waals surface area contributed by atoms with Crippen LogP contribution in [0, 0.1) is 0 Å². The molecule has 2 atom stereocenters. The molecule has 1 rings (SSSR count). The maximum absolute atomic E-state index is 12.6. The zero-order chi connectivity index (χ0) is 13.8. The first-order valence-corrected chi connectivity index (χ1v) is 8.29. The smallest absolute Gasteiger partial charge is 0.282 e. The van der Waals surface area contributed by atoms with Crippen LogP contribution >= 0.6 is 0 Å². The number of hydrogen-bond acceptors (Lipinski definition) is 3. The summed E-state index contributed by atoms with van der Waals surface area (Å²) in [6.45, 7) is 5.05. The van der Waals surface area contributed by atoms with Gasteiger partial charge in [-0.05, 0) is 26.2 Å². The van der Waals surface area contributed by atoms with Crippen molar-refractivity contribution in [3.05, 3.63) is 0 Å². The van der Waals surface area contributed by atoms with Gasteiger partial charge in [0.2, 0.25) is 0 Å². The number of rotatable bonds is 6. The van der Waals surface area contributed by atoms with Crippen LogP contribution in [0.5, 0.6) is 0 Å². The summed E-state index contributed by atoms with van der Waals surface area (Å²) < 4.78 is 28.2. The van der Waals surface area contributed by atoms with E-state index >= 15 is 0 Å². The molecule has 0 radical (unpaired) electrons. The second-order valence-corrected chi connectivity index (χ2v) is 7.10. The molecular formula is C12H27N3O2S. The summed E-state index contributed by atoms with van der Waals surface area (Å²) >= 11 is 0. The summed E-state index contributed by atoms with van der Waals surface area (Å²) in [5.41, 5.74) is 5.70. The molecule has 0 aliphatic carbocycles. The van der Waals surface area contributed by atoms with Crippen molar-refractivity contribution in [1.82, 2.24) is 8.61 Å². The number of hydrogen-bond donors (Lipinski definition) is 1. The fraction of sp³-hybridized carbons (Fsp3) is 1.00. The molecule has 0 spiro atoms. The van der Waals surface area contributed by atoms with E-state index in [0.29, 0.717) is 13.1 Å². The maximum Gasteiger partial charge on any atom is 0.282 e. The Morgan fingerprint density at radius 2 is 2.11 bits per heavy atom. The fourth-order valence-electron chi connectivity index (χ4n) is 2.51. The van der Waals surface area contributed by atoms with E-state index in [9.17, 15) is 8.42 Å². The Kier molecular flexibility index (Phi) is 6.04. The molecule has 1 aliphatic rings. The van der Waals surface area contributed by atoms with Gasteiger partial charge < -0.3 is 5.73 Å². The lowest BCUT2D eigenvalue weighted by Crippen LogP contribution is -2.53. The SMILES string of the molecule is CCCC(C)N(C)S(=O)(=O)N1CCCCC1CN. The highest BCUT2D eigenvalue weighted by molar-refractivity contribution is 7.86. The zero-order valence-corrected chi connectivity index (χ0v) is 12.6. The summed E-state index contributed by atoms with van der Waals surface area (Å²) in [6.07, 6.45) is 4.76. The molecule has 6 heteroatoms. The van der Waals surface area contributed by atoms with Gasteiger partial charge in [0.1, 0.15) is 0 Å². The van der Waals surface area contributed by atoms with Crippen LogP contribution in [0.15, 0.2) is 0 Å². The first-order chi connectivity index (χ1) is 8.45. The van der Waals surface area contributed by atoms with Crippen LogP contribution in [0.1, 0.15) is 46.0 Å². The Balaban J connectivity index is 2.83. The van der Waals surface area contributed by atoms with Crippen LogP contribution in [-0.2, 0) is 10.2 Å². The Hall–Kier alpha value is -0.170. The molecule has 2 unspecified atom stereocenters. The van der Waals surface area contributed by atoms with Gasteiger partial charge in [-0.15, -0.1) is 0 Å². The molecule has 0 saturated carbocycles. The molecule has 2 N–H and O–H groups in total. The van der Waals surface area contributed by atoms with E-state index < -0.39 is 10.2 Å². The third-order valence-corrected chi connectivity index (χ3v) is 5.99. The Bertz CT molecular complexity index is 345.